The molecule has 0 amide bonds. The molecule has 3 rings (SSSR count). The minimum absolute atomic E-state index is 0.112. The zero-order valence-electron chi connectivity index (χ0n) is 9.79. The Bertz CT molecular complexity index is 690. The highest BCUT2D eigenvalue weighted by molar-refractivity contribution is 5.81. The van der Waals surface area contributed by atoms with Crippen molar-refractivity contribution in [3.8, 4) is 11.8 Å². The summed E-state index contributed by atoms with van der Waals surface area (Å²) in [5.74, 6) is 1.13. The molecule has 6 heteroatoms. The third kappa shape index (κ3) is 1.93. The van der Waals surface area contributed by atoms with Crippen LogP contribution in [0.25, 0.3) is 5.57 Å². The first-order chi connectivity index (χ1) is 9.28. The Balaban J connectivity index is 2.06. The lowest BCUT2D eigenvalue weighted by atomic mass is 10.2. The monoisotopic (exact) mass is 251 g/mol. The van der Waals surface area contributed by atoms with Gasteiger partial charge in [-0.2, -0.15) is 5.26 Å². The second-order valence-electron chi connectivity index (χ2n) is 3.84. The molecule has 0 radical (unpaired) electrons. The van der Waals surface area contributed by atoms with Crippen molar-refractivity contribution in [1.29, 1.82) is 5.26 Å². The lowest BCUT2D eigenvalue weighted by Gasteiger charge is -2.03. The Morgan fingerprint density at radius 3 is 2.89 bits per heavy atom. The van der Waals surface area contributed by atoms with E-state index in [-0.39, 0.29) is 11.5 Å². The average Bonchev–Trinajstić information content (AvgIpc) is 2.83. The van der Waals surface area contributed by atoms with Gasteiger partial charge in [0.1, 0.15) is 11.6 Å². The molecule has 0 bridgehead atoms. The number of ether oxygens (including phenoxy) is 1. The standard InChI is InChI=1S/C13H9N5O/c14-7-8(9-5-6-16-13(15)18-9)12-17-10-3-1-2-4-11(10)19-12/h1-6,17H,(H2,15,16,18)/b12-8-. The van der Waals surface area contributed by atoms with Crippen LogP contribution >= 0.6 is 0 Å². The quantitative estimate of drug-likeness (QED) is 0.749. The van der Waals surface area contributed by atoms with Crippen molar-refractivity contribution in [2.45, 2.75) is 0 Å². The molecule has 3 N–H and O–H groups in total. The van der Waals surface area contributed by atoms with Crippen LogP contribution in [-0.4, -0.2) is 9.97 Å². The first kappa shape index (κ1) is 11.0. The van der Waals surface area contributed by atoms with Gasteiger partial charge in [-0.15, -0.1) is 0 Å². The number of aromatic nitrogens is 2. The van der Waals surface area contributed by atoms with Crippen molar-refractivity contribution in [1.82, 2.24) is 9.97 Å². The highest BCUT2D eigenvalue weighted by Gasteiger charge is 2.21. The zero-order valence-corrected chi connectivity index (χ0v) is 9.79. The Morgan fingerprint density at radius 1 is 1.32 bits per heavy atom. The number of nitriles is 1. The third-order valence-corrected chi connectivity index (χ3v) is 2.62. The number of nitrogens with zero attached hydrogens (tertiary/aromatic N) is 3. The Hall–Kier alpha value is -3.07. The number of hydrogen-bond donors (Lipinski definition) is 2. The average molecular weight is 251 g/mol. The van der Waals surface area contributed by atoms with Gasteiger partial charge in [-0.25, -0.2) is 9.97 Å². The van der Waals surface area contributed by atoms with Gasteiger partial charge in [0, 0.05) is 6.20 Å². The Morgan fingerprint density at radius 2 is 2.16 bits per heavy atom. The molecule has 1 aromatic carbocycles. The SMILES string of the molecule is N#C/C(=C1\Nc2ccccc2O1)c1ccnc(N)n1. The van der Waals surface area contributed by atoms with Gasteiger partial charge in [0.2, 0.25) is 11.8 Å². The van der Waals surface area contributed by atoms with E-state index in [2.05, 4.69) is 21.4 Å². The van der Waals surface area contributed by atoms with Crippen LogP contribution in [0.5, 0.6) is 5.75 Å². The summed E-state index contributed by atoms with van der Waals surface area (Å²) >= 11 is 0. The molecule has 2 aromatic rings. The molecule has 0 saturated heterocycles. The number of nitrogens with one attached hydrogen (secondary N) is 1. The first-order valence-electron chi connectivity index (χ1n) is 5.55. The van der Waals surface area contributed by atoms with Gasteiger partial charge in [-0.05, 0) is 18.2 Å². The highest BCUT2D eigenvalue weighted by Crippen LogP contribution is 2.35. The summed E-state index contributed by atoms with van der Waals surface area (Å²) in [4.78, 5) is 7.81. The van der Waals surface area contributed by atoms with Crippen LogP contribution in [0.1, 0.15) is 5.69 Å². The lowest BCUT2D eigenvalue weighted by Crippen LogP contribution is -2.04. The van der Waals surface area contributed by atoms with Crippen LogP contribution in [0.4, 0.5) is 11.6 Å². The van der Waals surface area contributed by atoms with E-state index in [1.165, 1.54) is 6.20 Å². The second-order valence-corrected chi connectivity index (χ2v) is 3.84. The molecule has 0 atom stereocenters. The highest BCUT2D eigenvalue weighted by atomic mass is 16.5. The van der Waals surface area contributed by atoms with E-state index in [9.17, 15) is 5.26 Å². The van der Waals surface area contributed by atoms with E-state index < -0.39 is 0 Å². The van der Waals surface area contributed by atoms with Crippen molar-refractivity contribution in [3.63, 3.8) is 0 Å². The summed E-state index contributed by atoms with van der Waals surface area (Å²) < 4.78 is 5.60. The normalized spacial score (nSPS) is 14.9. The van der Waals surface area contributed by atoms with Crippen molar-refractivity contribution in [3.05, 3.63) is 48.1 Å². The minimum Gasteiger partial charge on any atom is -0.437 e. The van der Waals surface area contributed by atoms with Crippen molar-refractivity contribution < 1.29 is 4.74 Å². The molecular weight excluding hydrogens is 242 g/mol. The second kappa shape index (κ2) is 4.31. The Kier molecular flexibility index (Phi) is 2.50. The molecule has 0 saturated carbocycles. The molecule has 1 aliphatic rings. The predicted molar refractivity (Wildman–Crippen MR) is 69.7 cm³/mol. The topological polar surface area (TPSA) is 96.8 Å². The van der Waals surface area contributed by atoms with Gasteiger partial charge >= 0.3 is 0 Å². The number of anilines is 2. The number of allylic oxidation sites excluding steroid dienone is 1. The molecule has 0 unspecified atom stereocenters. The van der Waals surface area contributed by atoms with Gasteiger partial charge in [0.05, 0.1) is 11.4 Å². The van der Waals surface area contributed by atoms with Crippen molar-refractivity contribution in [2.75, 3.05) is 11.1 Å². The van der Waals surface area contributed by atoms with Gasteiger partial charge < -0.3 is 15.8 Å². The number of rotatable bonds is 1. The van der Waals surface area contributed by atoms with E-state index in [1.807, 2.05) is 24.3 Å². The fourth-order valence-electron chi connectivity index (χ4n) is 1.77. The van der Waals surface area contributed by atoms with Crippen LogP contribution in [0, 0.1) is 11.3 Å². The number of nitrogen functional groups attached to an aromatic ring is 1. The summed E-state index contributed by atoms with van der Waals surface area (Å²) in [5, 5.41) is 12.3. The number of benzene rings is 1. The van der Waals surface area contributed by atoms with Crippen molar-refractivity contribution in [2.24, 2.45) is 0 Å². The molecule has 1 aliphatic heterocycles. The first-order valence-corrected chi connectivity index (χ1v) is 5.55. The van der Waals surface area contributed by atoms with E-state index in [4.69, 9.17) is 10.5 Å². The smallest absolute Gasteiger partial charge is 0.220 e. The molecule has 0 aliphatic carbocycles. The van der Waals surface area contributed by atoms with Crippen LogP contribution < -0.4 is 15.8 Å². The van der Waals surface area contributed by atoms with Gasteiger partial charge in [0.25, 0.3) is 0 Å². The molecule has 2 heterocycles. The summed E-state index contributed by atoms with van der Waals surface area (Å²) in [6.45, 7) is 0. The van der Waals surface area contributed by atoms with Gasteiger partial charge in [-0.1, -0.05) is 12.1 Å². The maximum absolute atomic E-state index is 9.28. The number of para-hydroxylation sites is 2. The lowest BCUT2D eigenvalue weighted by molar-refractivity contribution is 0.460. The third-order valence-electron chi connectivity index (χ3n) is 2.62. The predicted octanol–water partition coefficient (Wildman–Crippen LogP) is 1.76. The molecule has 92 valence electrons. The number of hydrogen-bond acceptors (Lipinski definition) is 6. The molecule has 6 nitrogen and oxygen atoms in total. The number of fused-ring (bicyclic) bond motifs is 1. The van der Waals surface area contributed by atoms with Crippen LogP contribution in [0.2, 0.25) is 0 Å². The fourth-order valence-corrected chi connectivity index (χ4v) is 1.77. The fraction of sp³-hybridized carbons (Fsp3) is 0. The van der Waals surface area contributed by atoms with E-state index in [0.717, 1.165) is 5.69 Å². The van der Waals surface area contributed by atoms with Crippen molar-refractivity contribution >= 4 is 17.2 Å². The van der Waals surface area contributed by atoms with E-state index in [0.29, 0.717) is 17.3 Å². The largest absolute Gasteiger partial charge is 0.437 e. The summed E-state index contributed by atoms with van der Waals surface area (Å²) in [6, 6.07) is 11.1. The summed E-state index contributed by atoms with van der Waals surface area (Å²) in [5.41, 5.74) is 7.04. The van der Waals surface area contributed by atoms with Crippen LogP contribution in [0.3, 0.4) is 0 Å². The molecule has 1 aromatic heterocycles. The number of nitrogens with two attached hydrogens (primary N) is 1. The van der Waals surface area contributed by atoms with Crippen LogP contribution in [-0.2, 0) is 0 Å². The summed E-state index contributed by atoms with van der Waals surface area (Å²) in [6.07, 6.45) is 1.50. The summed E-state index contributed by atoms with van der Waals surface area (Å²) in [7, 11) is 0. The molecule has 0 fully saturated rings. The maximum atomic E-state index is 9.28. The minimum atomic E-state index is 0.112. The van der Waals surface area contributed by atoms with Gasteiger partial charge in [0.15, 0.2) is 5.75 Å². The van der Waals surface area contributed by atoms with E-state index in [1.54, 1.807) is 6.07 Å². The van der Waals surface area contributed by atoms with Crippen LogP contribution in [0.15, 0.2) is 42.4 Å². The van der Waals surface area contributed by atoms with E-state index >= 15 is 0 Å². The zero-order chi connectivity index (χ0) is 13.2. The van der Waals surface area contributed by atoms with Gasteiger partial charge in [-0.3, -0.25) is 0 Å². The molecular formula is C13H9N5O. The molecule has 0 spiro atoms. The maximum Gasteiger partial charge on any atom is 0.220 e. The molecule has 19 heavy (non-hydrogen) atoms. The Labute approximate surface area is 109 Å².